The van der Waals surface area contributed by atoms with Gasteiger partial charge in [0.05, 0.1) is 19.8 Å². The first kappa shape index (κ1) is 48.8. The van der Waals surface area contributed by atoms with Gasteiger partial charge in [0, 0.05) is 6.42 Å². The summed E-state index contributed by atoms with van der Waals surface area (Å²) in [5.41, 5.74) is 0. The minimum Gasteiger partial charge on any atom is -0.457 e. The molecule has 1 fully saturated rings. The molecule has 0 bridgehead atoms. The summed E-state index contributed by atoms with van der Waals surface area (Å²) >= 11 is 0. The zero-order chi connectivity index (χ0) is 39.2. The molecule has 1 saturated carbocycles. The van der Waals surface area contributed by atoms with Gasteiger partial charge >= 0.3 is 13.8 Å². The molecule has 12 nitrogen and oxygen atoms in total. The zero-order valence-electron chi connectivity index (χ0n) is 31.8. The molecule has 0 aliphatic heterocycles. The molecule has 6 atom stereocenters. The number of aliphatic hydroxyl groups excluding tert-OH is 5. The van der Waals surface area contributed by atoms with E-state index in [2.05, 4.69) is 74.6 Å². The number of unbranched alkanes of at least 4 members (excludes halogenated alkanes) is 6. The molecule has 0 aromatic carbocycles. The fourth-order valence-corrected chi connectivity index (χ4v) is 6.22. The minimum absolute atomic E-state index is 0.139. The number of hydrogen-bond acceptors (Lipinski definition) is 11. The highest BCUT2D eigenvalue weighted by Gasteiger charge is 2.51. The first-order valence-electron chi connectivity index (χ1n) is 19.3. The standard InChI is InChI=1S/C40H67O12P/c1-3-5-7-9-11-13-15-16-17-18-19-20-22-24-26-28-30-49-31-33(51-34(41)29-27-25-23-21-14-12-10-8-6-4-2)32-50-53(47,48)52-40-38(45)36(43)35(42)37(44)39(40)46/h5,7-8,10-11,13,16-17,19-20,24,26,33,35-40,42-46H,3-4,6,9,12,14-15,18,21-23,25,27-32H2,1-2H3,(H,47,48)/b7-5-,10-8-,13-11-,17-16-,20-19-,26-24-. The number of hydrogen-bond donors (Lipinski definition) is 6. The van der Waals surface area contributed by atoms with Crippen molar-refractivity contribution in [2.75, 3.05) is 19.8 Å². The fourth-order valence-electron chi connectivity index (χ4n) is 5.24. The Balaban J connectivity index is 2.54. The van der Waals surface area contributed by atoms with E-state index in [0.717, 1.165) is 77.0 Å². The molecule has 0 radical (unpaired) electrons. The summed E-state index contributed by atoms with van der Waals surface area (Å²) in [6.07, 6.45) is 25.9. The Hall–Kier alpha value is -2.22. The molecule has 1 aliphatic carbocycles. The van der Waals surface area contributed by atoms with E-state index in [9.17, 15) is 39.8 Å². The second-order valence-corrected chi connectivity index (χ2v) is 14.4. The van der Waals surface area contributed by atoms with E-state index >= 15 is 0 Å². The van der Waals surface area contributed by atoms with Gasteiger partial charge in [-0.15, -0.1) is 0 Å². The smallest absolute Gasteiger partial charge is 0.457 e. The summed E-state index contributed by atoms with van der Waals surface area (Å²) in [6.45, 7) is 3.81. The van der Waals surface area contributed by atoms with Crippen molar-refractivity contribution in [2.45, 2.75) is 153 Å². The van der Waals surface area contributed by atoms with E-state index in [1.165, 1.54) is 0 Å². The number of phosphoric acid groups is 1. The van der Waals surface area contributed by atoms with Gasteiger partial charge in [-0.25, -0.2) is 4.57 Å². The van der Waals surface area contributed by atoms with Crippen molar-refractivity contribution in [3.63, 3.8) is 0 Å². The van der Waals surface area contributed by atoms with Crippen molar-refractivity contribution in [2.24, 2.45) is 0 Å². The van der Waals surface area contributed by atoms with Crippen LogP contribution in [0.25, 0.3) is 0 Å². The SMILES string of the molecule is CC/C=C\C/C=C\C/C=C\C/C=C\C/C=C\CCOCC(COP(=O)(O)OC1C(O)C(O)C(O)C(O)C1O)OC(=O)CCCCCCC/C=C\CCC. The highest BCUT2D eigenvalue weighted by atomic mass is 31.2. The van der Waals surface area contributed by atoms with E-state index in [-0.39, 0.29) is 19.6 Å². The van der Waals surface area contributed by atoms with Crippen LogP contribution in [0.4, 0.5) is 0 Å². The minimum atomic E-state index is -5.03. The summed E-state index contributed by atoms with van der Waals surface area (Å²) < 4.78 is 33.8. The van der Waals surface area contributed by atoms with Crippen molar-refractivity contribution >= 4 is 13.8 Å². The molecule has 6 N–H and O–H groups in total. The van der Waals surface area contributed by atoms with Gasteiger partial charge in [-0.05, 0) is 64.2 Å². The second-order valence-electron chi connectivity index (χ2n) is 13.0. The number of ether oxygens (including phenoxy) is 2. The number of esters is 1. The van der Waals surface area contributed by atoms with E-state index in [0.29, 0.717) is 12.8 Å². The first-order chi connectivity index (χ1) is 25.5. The van der Waals surface area contributed by atoms with E-state index in [4.69, 9.17) is 18.5 Å². The summed E-state index contributed by atoms with van der Waals surface area (Å²) in [4.78, 5) is 22.9. The number of allylic oxidation sites excluding steroid dienone is 11. The molecule has 0 aromatic heterocycles. The molecule has 0 aromatic rings. The maximum Gasteiger partial charge on any atom is 0.472 e. The van der Waals surface area contributed by atoms with Gasteiger partial charge in [-0.3, -0.25) is 13.8 Å². The Bertz CT molecular complexity index is 1150. The first-order valence-corrected chi connectivity index (χ1v) is 20.8. The van der Waals surface area contributed by atoms with Gasteiger partial charge in [0.15, 0.2) is 0 Å². The lowest BCUT2D eigenvalue weighted by Gasteiger charge is -2.41. The highest BCUT2D eigenvalue weighted by molar-refractivity contribution is 7.47. The van der Waals surface area contributed by atoms with Gasteiger partial charge in [0.1, 0.15) is 42.7 Å². The number of rotatable bonds is 30. The number of carbonyl (C=O) groups excluding carboxylic acids is 1. The Morgan fingerprint density at radius 1 is 0.623 bits per heavy atom. The van der Waals surface area contributed by atoms with Crippen LogP contribution in [0.15, 0.2) is 72.9 Å². The predicted octanol–water partition coefficient (Wildman–Crippen LogP) is 6.46. The third kappa shape index (κ3) is 24.0. The predicted molar refractivity (Wildman–Crippen MR) is 207 cm³/mol. The zero-order valence-corrected chi connectivity index (χ0v) is 32.7. The lowest BCUT2D eigenvalue weighted by molar-refractivity contribution is -0.220. The molecule has 0 spiro atoms. The normalized spacial score (nSPS) is 24.5. The maximum atomic E-state index is 12.7. The molecule has 1 aliphatic rings. The van der Waals surface area contributed by atoms with Crippen LogP contribution in [0.5, 0.6) is 0 Å². The van der Waals surface area contributed by atoms with Crippen LogP contribution in [0.1, 0.15) is 110 Å². The topological polar surface area (TPSA) is 192 Å². The molecule has 304 valence electrons. The Morgan fingerprint density at radius 2 is 1.11 bits per heavy atom. The summed E-state index contributed by atoms with van der Waals surface area (Å²) in [5, 5.41) is 49.9. The number of phosphoric ester groups is 1. The van der Waals surface area contributed by atoms with Crippen molar-refractivity contribution in [1.82, 2.24) is 0 Å². The molecule has 0 amide bonds. The van der Waals surface area contributed by atoms with Crippen LogP contribution in [-0.4, -0.2) is 98.9 Å². The monoisotopic (exact) mass is 770 g/mol. The molecule has 0 heterocycles. The van der Waals surface area contributed by atoms with Crippen LogP contribution < -0.4 is 0 Å². The van der Waals surface area contributed by atoms with Crippen molar-refractivity contribution in [3.05, 3.63) is 72.9 Å². The third-order valence-corrected chi connectivity index (χ3v) is 9.30. The van der Waals surface area contributed by atoms with Gasteiger partial charge in [-0.1, -0.05) is 112 Å². The highest BCUT2D eigenvalue weighted by Crippen LogP contribution is 2.47. The van der Waals surface area contributed by atoms with E-state index in [1.807, 2.05) is 12.2 Å². The molecular formula is C40H67O12P. The van der Waals surface area contributed by atoms with E-state index in [1.54, 1.807) is 0 Å². The van der Waals surface area contributed by atoms with Crippen LogP contribution in [-0.2, 0) is 27.9 Å². The summed E-state index contributed by atoms with van der Waals surface area (Å²) in [7, 11) is -5.03. The Morgan fingerprint density at radius 3 is 1.70 bits per heavy atom. The molecule has 6 unspecified atom stereocenters. The number of aliphatic hydroxyl groups is 5. The van der Waals surface area contributed by atoms with Gasteiger partial charge in [0.2, 0.25) is 0 Å². The van der Waals surface area contributed by atoms with Crippen molar-refractivity contribution in [3.8, 4) is 0 Å². The van der Waals surface area contributed by atoms with E-state index < -0.39 is 63.1 Å². The molecule has 0 saturated heterocycles. The molecular weight excluding hydrogens is 703 g/mol. The lowest BCUT2D eigenvalue weighted by Crippen LogP contribution is -2.64. The average molecular weight is 771 g/mol. The average Bonchev–Trinajstić information content (AvgIpc) is 3.14. The van der Waals surface area contributed by atoms with Gasteiger partial charge in [-0.2, -0.15) is 0 Å². The Labute approximate surface area is 317 Å². The second kappa shape index (κ2) is 31.0. The van der Waals surface area contributed by atoms with Crippen LogP contribution >= 0.6 is 7.82 Å². The van der Waals surface area contributed by atoms with Crippen LogP contribution in [0.2, 0.25) is 0 Å². The van der Waals surface area contributed by atoms with Crippen molar-refractivity contribution in [1.29, 1.82) is 0 Å². The quantitative estimate of drug-likeness (QED) is 0.0202. The molecule has 53 heavy (non-hydrogen) atoms. The Kier molecular flexibility index (Phi) is 28.6. The summed E-state index contributed by atoms with van der Waals surface area (Å²) in [6, 6.07) is 0. The maximum absolute atomic E-state index is 12.7. The fraction of sp³-hybridized carbons (Fsp3) is 0.675. The summed E-state index contributed by atoms with van der Waals surface area (Å²) in [5.74, 6) is -0.519. The largest absolute Gasteiger partial charge is 0.472 e. The van der Waals surface area contributed by atoms with Crippen LogP contribution in [0.3, 0.4) is 0 Å². The number of carbonyl (C=O) groups is 1. The lowest BCUT2D eigenvalue weighted by atomic mass is 9.85. The molecule has 13 heteroatoms. The van der Waals surface area contributed by atoms with Crippen LogP contribution in [0, 0.1) is 0 Å². The van der Waals surface area contributed by atoms with Gasteiger partial charge in [0.25, 0.3) is 0 Å². The van der Waals surface area contributed by atoms with Gasteiger partial charge < -0.3 is 39.9 Å². The molecule has 1 rings (SSSR count). The third-order valence-electron chi connectivity index (χ3n) is 8.31. The van der Waals surface area contributed by atoms with Crippen molar-refractivity contribution < 1.29 is 58.3 Å².